The van der Waals surface area contributed by atoms with Crippen LogP contribution in [0.4, 0.5) is 0 Å². The maximum absolute atomic E-state index is 12.8. The van der Waals surface area contributed by atoms with Crippen LogP contribution in [0, 0.1) is 24.7 Å². The van der Waals surface area contributed by atoms with Crippen molar-refractivity contribution in [1.82, 2.24) is 14.9 Å². The molecule has 4 atom stereocenters. The standard InChI is InChI=1S/C20H25N3O3/c1-11-21-15-9-8-12(10-16(15)23(11)2)19(24)22-18-14-7-5-4-6-13(14)17(18)20(25)26-3/h8-10,13-14,17-18H,4-7H2,1-3H3,(H,22,24). The number of fused-ring (bicyclic) bond motifs is 2. The predicted molar refractivity (Wildman–Crippen MR) is 97.7 cm³/mol. The van der Waals surface area contributed by atoms with Crippen LogP contribution in [0.3, 0.4) is 0 Å². The molecule has 4 rings (SSSR count). The Bertz CT molecular complexity index is 873. The number of carbonyl (C=O) groups excluding carboxylic acids is 2. The van der Waals surface area contributed by atoms with Crippen LogP contribution in [-0.4, -0.2) is 34.6 Å². The number of nitrogens with zero attached hydrogens (tertiary/aromatic N) is 2. The molecule has 2 aliphatic carbocycles. The van der Waals surface area contributed by atoms with Gasteiger partial charge in [-0.1, -0.05) is 12.8 Å². The molecule has 1 aromatic carbocycles. The highest BCUT2D eigenvalue weighted by Gasteiger charge is 2.55. The number of methoxy groups -OCH3 is 1. The Labute approximate surface area is 152 Å². The molecule has 138 valence electrons. The first-order chi connectivity index (χ1) is 12.5. The number of rotatable bonds is 3. The molecule has 2 saturated carbocycles. The number of hydrogen-bond donors (Lipinski definition) is 1. The van der Waals surface area contributed by atoms with Gasteiger partial charge >= 0.3 is 5.97 Å². The largest absolute Gasteiger partial charge is 0.469 e. The second-order valence-electron chi connectivity index (χ2n) is 7.58. The Kier molecular flexibility index (Phi) is 4.21. The van der Waals surface area contributed by atoms with E-state index in [1.54, 1.807) is 6.07 Å². The van der Waals surface area contributed by atoms with Crippen LogP contribution in [0.25, 0.3) is 11.0 Å². The lowest BCUT2D eigenvalue weighted by molar-refractivity contribution is -0.160. The maximum atomic E-state index is 12.8. The van der Waals surface area contributed by atoms with Crippen molar-refractivity contribution in [3.8, 4) is 0 Å². The average molecular weight is 355 g/mol. The first-order valence-corrected chi connectivity index (χ1v) is 9.33. The number of hydrogen-bond acceptors (Lipinski definition) is 4. The Morgan fingerprint density at radius 1 is 1.23 bits per heavy atom. The van der Waals surface area contributed by atoms with Crippen molar-refractivity contribution in [1.29, 1.82) is 0 Å². The first kappa shape index (κ1) is 17.1. The summed E-state index contributed by atoms with van der Waals surface area (Å²) >= 11 is 0. The third-order valence-corrected chi connectivity index (χ3v) is 6.32. The molecule has 6 heteroatoms. The number of ether oxygens (including phenoxy) is 1. The van der Waals surface area contributed by atoms with Gasteiger partial charge < -0.3 is 14.6 Å². The molecule has 0 bridgehead atoms. The second kappa shape index (κ2) is 6.41. The normalized spacial score (nSPS) is 27.5. The summed E-state index contributed by atoms with van der Waals surface area (Å²) in [6, 6.07) is 5.42. The fraction of sp³-hybridized carbons (Fsp3) is 0.550. The van der Waals surface area contributed by atoms with Crippen LogP contribution in [0.1, 0.15) is 41.9 Å². The van der Waals surface area contributed by atoms with Crippen molar-refractivity contribution in [3.63, 3.8) is 0 Å². The number of aromatic nitrogens is 2. The van der Waals surface area contributed by atoms with E-state index in [4.69, 9.17) is 4.74 Å². The van der Waals surface area contributed by atoms with Crippen LogP contribution >= 0.6 is 0 Å². The number of amides is 1. The monoisotopic (exact) mass is 355 g/mol. The van der Waals surface area contributed by atoms with Gasteiger partial charge in [0, 0.05) is 18.7 Å². The molecule has 26 heavy (non-hydrogen) atoms. The van der Waals surface area contributed by atoms with Crippen LogP contribution in [0.5, 0.6) is 0 Å². The van der Waals surface area contributed by atoms with E-state index < -0.39 is 0 Å². The van der Waals surface area contributed by atoms with E-state index in [2.05, 4.69) is 10.3 Å². The summed E-state index contributed by atoms with van der Waals surface area (Å²) in [5, 5.41) is 3.12. The lowest BCUT2D eigenvalue weighted by Crippen LogP contribution is -2.63. The Balaban J connectivity index is 1.56. The molecule has 1 aromatic heterocycles. The lowest BCUT2D eigenvalue weighted by Gasteiger charge is -2.53. The Morgan fingerprint density at radius 3 is 2.69 bits per heavy atom. The molecule has 4 unspecified atom stereocenters. The molecule has 0 saturated heterocycles. The van der Waals surface area contributed by atoms with Crippen molar-refractivity contribution < 1.29 is 14.3 Å². The molecule has 6 nitrogen and oxygen atoms in total. The molecule has 1 N–H and O–H groups in total. The molecule has 2 aliphatic rings. The summed E-state index contributed by atoms with van der Waals surface area (Å²) < 4.78 is 6.97. The van der Waals surface area contributed by atoms with Gasteiger partial charge in [0.05, 0.1) is 24.1 Å². The van der Waals surface area contributed by atoms with Crippen LogP contribution in [0.2, 0.25) is 0 Å². The second-order valence-corrected chi connectivity index (χ2v) is 7.58. The van der Waals surface area contributed by atoms with Gasteiger partial charge in [0.2, 0.25) is 0 Å². The Hall–Kier alpha value is -2.37. The molecular weight excluding hydrogens is 330 g/mol. The van der Waals surface area contributed by atoms with Crippen molar-refractivity contribution >= 4 is 22.9 Å². The number of imidazole rings is 1. The van der Waals surface area contributed by atoms with E-state index in [1.807, 2.05) is 30.7 Å². The molecular formula is C20H25N3O3. The SMILES string of the molecule is COC(=O)C1C2CCCCC2C1NC(=O)c1ccc2nc(C)n(C)c2c1. The fourth-order valence-corrected chi connectivity index (χ4v) is 4.81. The van der Waals surface area contributed by atoms with Crippen LogP contribution in [0.15, 0.2) is 18.2 Å². The zero-order valence-electron chi connectivity index (χ0n) is 15.5. The minimum Gasteiger partial charge on any atom is -0.469 e. The van der Waals surface area contributed by atoms with E-state index in [0.29, 0.717) is 17.4 Å². The van der Waals surface area contributed by atoms with Gasteiger partial charge in [0.15, 0.2) is 0 Å². The molecule has 1 heterocycles. The topological polar surface area (TPSA) is 73.2 Å². The molecule has 0 radical (unpaired) electrons. The van der Waals surface area contributed by atoms with E-state index >= 15 is 0 Å². The van der Waals surface area contributed by atoms with Gasteiger partial charge in [-0.25, -0.2) is 4.98 Å². The van der Waals surface area contributed by atoms with Crippen molar-refractivity contribution in [3.05, 3.63) is 29.6 Å². The minimum absolute atomic E-state index is 0.121. The molecule has 0 aliphatic heterocycles. The Morgan fingerprint density at radius 2 is 1.96 bits per heavy atom. The number of aryl methyl sites for hydroxylation is 2. The summed E-state index contributed by atoms with van der Waals surface area (Å²) in [7, 11) is 3.37. The van der Waals surface area contributed by atoms with Gasteiger partial charge in [0.25, 0.3) is 5.91 Å². The minimum atomic E-state index is -0.211. The van der Waals surface area contributed by atoms with Gasteiger partial charge in [0.1, 0.15) is 5.82 Å². The van der Waals surface area contributed by atoms with Crippen LogP contribution < -0.4 is 5.32 Å². The van der Waals surface area contributed by atoms with Crippen molar-refractivity contribution in [2.24, 2.45) is 24.8 Å². The number of benzene rings is 1. The highest BCUT2D eigenvalue weighted by molar-refractivity contribution is 5.98. The summed E-state index contributed by atoms with van der Waals surface area (Å²) in [6.45, 7) is 1.94. The van der Waals surface area contributed by atoms with Gasteiger partial charge in [-0.15, -0.1) is 0 Å². The van der Waals surface area contributed by atoms with Crippen LogP contribution in [-0.2, 0) is 16.6 Å². The van der Waals surface area contributed by atoms with Gasteiger partial charge in [-0.2, -0.15) is 0 Å². The quantitative estimate of drug-likeness (QED) is 0.859. The zero-order valence-corrected chi connectivity index (χ0v) is 15.5. The maximum Gasteiger partial charge on any atom is 0.311 e. The number of esters is 1. The summed E-state index contributed by atoms with van der Waals surface area (Å²) in [6.07, 6.45) is 4.45. The predicted octanol–water partition coefficient (Wildman–Crippen LogP) is 2.59. The zero-order chi connectivity index (χ0) is 18.4. The van der Waals surface area contributed by atoms with E-state index in [-0.39, 0.29) is 23.8 Å². The fourth-order valence-electron chi connectivity index (χ4n) is 4.81. The average Bonchev–Trinajstić information content (AvgIpc) is 2.93. The molecule has 1 amide bonds. The van der Waals surface area contributed by atoms with Crippen molar-refractivity contribution in [2.75, 3.05) is 7.11 Å². The number of carbonyl (C=O) groups is 2. The lowest BCUT2D eigenvalue weighted by atomic mass is 9.55. The number of nitrogens with one attached hydrogen (secondary N) is 1. The van der Waals surface area contributed by atoms with Gasteiger partial charge in [-0.3, -0.25) is 9.59 Å². The molecule has 0 spiro atoms. The molecule has 2 aromatic rings. The first-order valence-electron chi connectivity index (χ1n) is 9.33. The highest BCUT2D eigenvalue weighted by Crippen LogP contribution is 2.50. The third-order valence-electron chi connectivity index (χ3n) is 6.32. The summed E-state index contributed by atoms with van der Waals surface area (Å²) in [5.74, 6) is 1.11. The van der Waals surface area contributed by atoms with Crippen molar-refractivity contribution in [2.45, 2.75) is 38.6 Å². The van der Waals surface area contributed by atoms with E-state index in [1.165, 1.54) is 13.5 Å². The highest BCUT2D eigenvalue weighted by atomic mass is 16.5. The third kappa shape index (κ3) is 2.59. The van der Waals surface area contributed by atoms with E-state index in [9.17, 15) is 9.59 Å². The molecule has 2 fully saturated rings. The summed E-state index contributed by atoms with van der Waals surface area (Å²) in [4.78, 5) is 29.5. The smallest absolute Gasteiger partial charge is 0.311 e. The summed E-state index contributed by atoms with van der Waals surface area (Å²) in [5.41, 5.74) is 2.41. The van der Waals surface area contributed by atoms with Gasteiger partial charge in [-0.05, 0) is 49.8 Å². The van der Waals surface area contributed by atoms with E-state index in [0.717, 1.165) is 36.1 Å².